The maximum absolute atomic E-state index is 13.0. The molecule has 3 aromatic rings. The van der Waals surface area contributed by atoms with E-state index >= 15 is 0 Å². The quantitative estimate of drug-likeness (QED) is 0.427. The van der Waals surface area contributed by atoms with Crippen molar-refractivity contribution in [3.63, 3.8) is 0 Å². The van der Waals surface area contributed by atoms with E-state index in [9.17, 15) is 9.18 Å². The van der Waals surface area contributed by atoms with Crippen LogP contribution in [0.15, 0.2) is 66.3 Å². The van der Waals surface area contributed by atoms with E-state index in [1.165, 1.54) is 23.9 Å². The van der Waals surface area contributed by atoms with Gasteiger partial charge in [0.2, 0.25) is 0 Å². The number of amides is 1. The van der Waals surface area contributed by atoms with Crippen LogP contribution in [0.2, 0.25) is 0 Å². The number of hydrogen-bond donors (Lipinski definition) is 1. The fraction of sp³-hybridized carbons (Fsp3) is 0.190. The number of allylic oxidation sites excluding steroid dienone is 1. The highest BCUT2D eigenvalue weighted by atomic mass is 32.2. The SMILES string of the molecule is C=CCn1c(CNC(=O)c2cccc(OC)c2)nnc1SCc1ccc(F)cc1. The summed E-state index contributed by atoms with van der Waals surface area (Å²) in [5.74, 6) is 1.39. The summed E-state index contributed by atoms with van der Waals surface area (Å²) in [5, 5.41) is 12.0. The van der Waals surface area contributed by atoms with Gasteiger partial charge in [-0.25, -0.2) is 4.39 Å². The number of benzene rings is 2. The van der Waals surface area contributed by atoms with Crippen LogP contribution in [-0.2, 0) is 18.8 Å². The Hall–Kier alpha value is -3.13. The molecule has 2 aromatic carbocycles. The van der Waals surface area contributed by atoms with Crippen molar-refractivity contribution in [3.05, 3.63) is 84.0 Å². The Morgan fingerprint density at radius 1 is 1.28 bits per heavy atom. The number of hydrogen-bond acceptors (Lipinski definition) is 5. The number of carbonyl (C=O) groups is 1. The molecule has 0 fully saturated rings. The summed E-state index contributed by atoms with van der Waals surface area (Å²) in [4.78, 5) is 12.4. The predicted molar refractivity (Wildman–Crippen MR) is 110 cm³/mol. The van der Waals surface area contributed by atoms with Gasteiger partial charge in [-0.3, -0.25) is 4.79 Å². The third kappa shape index (κ3) is 5.45. The Morgan fingerprint density at radius 2 is 2.07 bits per heavy atom. The molecule has 0 saturated heterocycles. The summed E-state index contributed by atoms with van der Waals surface area (Å²) in [6.07, 6.45) is 1.75. The molecule has 0 spiro atoms. The Labute approximate surface area is 172 Å². The number of carbonyl (C=O) groups excluding carboxylic acids is 1. The van der Waals surface area contributed by atoms with Crippen molar-refractivity contribution in [1.82, 2.24) is 20.1 Å². The normalized spacial score (nSPS) is 10.6. The molecule has 0 aliphatic heterocycles. The van der Waals surface area contributed by atoms with Gasteiger partial charge >= 0.3 is 0 Å². The Morgan fingerprint density at radius 3 is 2.79 bits per heavy atom. The zero-order chi connectivity index (χ0) is 20.6. The third-order valence-corrected chi connectivity index (χ3v) is 5.16. The van der Waals surface area contributed by atoms with Crippen molar-refractivity contribution < 1.29 is 13.9 Å². The highest BCUT2D eigenvalue weighted by Gasteiger charge is 2.14. The summed E-state index contributed by atoms with van der Waals surface area (Å²) in [6.45, 7) is 4.53. The van der Waals surface area contributed by atoms with Crippen molar-refractivity contribution in [1.29, 1.82) is 0 Å². The second kappa shape index (κ2) is 9.88. The minimum atomic E-state index is -0.261. The predicted octanol–water partition coefficient (Wildman–Crippen LogP) is 3.83. The number of nitrogens with zero attached hydrogens (tertiary/aromatic N) is 3. The first-order chi connectivity index (χ1) is 14.1. The van der Waals surface area contributed by atoms with Crippen LogP contribution in [0.25, 0.3) is 0 Å². The van der Waals surface area contributed by atoms with Crippen LogP contribution in [0, 0.1) is 5.82 Å². The lowest BCUT2D eigenvalue weighted by Gasteiger charge is -2.09. The molecule has 1 aromatic heterocycles. The molecule has 0 aliphatic rings. The number of ether oxygens (including phenoxy) is 1. The number of thioether (sulfide) groups is 1. The van der Waals surface area contributed by atoms with Gasteiger partial charge in [0.15, 0.2) is 11.0 Å². The van der Waals surface area contributed by atoms with Crippen LogP contribution in [0.5, 0.6) is 5.75 Å². The molecule has 0 aliphatic carbocycles. The first kappa shape index (κ1) is 20.6. The zero-order valence-corrected chi connectivity index (χ0v) is 16.8. The van der Waals surface area contributed by atoms with E-state index in [1.807, 2.05) is 4.57 Å². The fourth-order valence-electron chi connectivity index (χ4n) is 2.62. The van der Waals surface area contributed by atoms with E-state index < -0.39 is 0 Å². The molecule has 1 heterocycles. The molecule has 1 N–H and O–H groups in total. The van der Waals surface area contributed by atoms with E-state index in [0.29, 0.717) is 34.6 Å². The van der Waals surface area contributed by atoms with Crippen LogP contribution in [-0.4, -0.2) is 27.8 Å². The van der Waals surface area contributed by atoms with Gasteiger partial charge in [-0.2, -0.15) is 0 Å². The van der Waals surface area contributed by atoms with Crippen molar-refractivity contribution in [2.24, 2.45) is 0 Å². The molecule has 0 radical (unpaired) electrons. The Kier molecular flexibility index (Phi) is 7.02. The van der Waals surface area contributed by atoms with Gasteiger partial charge in [0.1, 0.15) is 11.6 Å². The van der Waals surface area contributed by atoms with Crippen LogP contribution < -0.4 is 10.1 Å². The number of nitrogens with one attached hydrogen (secondary N) is 1. The molecular formula is C21H21FN4O2S. The molecule has 0 atom stereocenters. The second-order valence-electron chi connectivity index (χ2n) is 6.13. The average molecular weight is 412 g/mol. The number of aromatic nitrogens is 3. The highest BCUT2D eigenvalue weighted by molar-refractivity contribution is 7.98. The van der Waals surface area contributed by atoms with Crippen molar-refractivity contribution in [3.8, 4) is 5.75 Å². The Balaban J connectivity index is 1.66. The first-order valence-corrected chi connectivity index (χ1v) is 9.91. The van der Waals surface area contributed by atoms with E-state index in [1.54, 1.807) is 49.6 Å². The van der Waals surface area contributed by atoms with E-state index in [2.05, 4.69) is 22.1 Å². The van der Waals surface area contributed by atoms with Gasteiger partial charge in [0.25, 0.3) is 5.91 Å². The van der Waals surface area contributed by atoms with E-state index in [0.717, 1.165) is 5.56 Å². The van der Waals surface area contributed by atoms with Crippen molar-refractivity contribution >= 4 is 17.7 Å². The molecule has 29 heavy (non-hydrogen) atoms. The molecule has 1 amide bonds. The number of methoxy groups -OCH3 is 1. The standard InChI is InChI=1S/C21H21FN4O2S/c1-3-11-26-19(13-23-20(27)16-5-4-6-18(12-16)28-2)24-25-21(26)29-14-15-7-9-17(22)10-8-15/h3-10,12H,1,11,13-14H2,2H3,(H,23,27). The molecule has 0 unspecified atom stereocenters. The third-order valence-electron chi connectivity index (χ3n) is 4.13. The minimum Gasteiger partial charge on any atom is -0.497 e. The average Bonchev–Trinajstić information content (AvgIpc) is 3.13. The van der Waals surface area contributed by atoms with Crippen molar-refractivity contribution in [2.75, 3.05) is 7.11 Å². The molecule has 3 rings (SSSR count). The monoisotopic (exact) mass is 412 g/mol. The largest absolute Gasteiger partial charge is 0.497 e. The fourth-order valence-corrected chi connectivity index (χ4v) is 3.55. The number of rotatable bonds is 9. The summed E-state index contributed by atoms with van der Waals surface area (Å²) in [7, 11) is 1.56. The van der Waals surface area contributed by atoms with Gasteiger partial charge in [0, 0.05) is 17.9 Å². The lowest BCUT2D eigenvalue weighted by atomic mass is 10.2. The maximum atomic E-state index is 13.0. The van der Waals surface area contributed by atoms with E-state index in [-0.39, 0.29) is 18.3 Å². The van der Waals surface area contributed by atoms with Crippen molar-refractivity contribution in [2.45, 2.75) is 24.0 Å². The molecule has 8 heteroatoms. The van der Waals surface area contributed by atoms with Crippen LogP contribution in [0.1, 0.15) is 21.7 Å². The smallest absolute Gasteiger partial charge is 0.251 e. The summed E-state index contributed by atoms with van der Waals surface area (Å²) in [5.41, 5.74) is 1.49. The van der Waals surface area contributed by atoms with Crippen LogP contribution >= 0.6 is 11.8 Å². The molecular weight excluding hydrogens is 391 g/mol. The van der Waals surface area contributed by atoms with Crippen LogP contribution in [0.3, 0.4) is 0 Å². The maximum Gasteiger partial charge on any atom is 0.251 e. The molecule has 150 valence electrons. The summed E-state index contributed by atoms with van der Waals surface area (Å²) in [6, 6.07) is 13.3. The van der Waals surface area contributed by atoms with Gasteiger partial charge in [-0.05, 0) is 35.9 Å². The van der Waals surface area contributed by atoms with Gasteiger partial charge in [-0.1, -0.05) is 36.0 Å². The summed E-state index contributed by atoms with van der Waals surface area (Å²) < 4.78 is 20.1. The zero-order valence-electron chi connectivity index (χ0n) is 16.0. The lowest BCUT2D eigenvalue weighted by Crippen LogP contribution is -2.24. The summed E-state index contributed by atoms with van der Waals surface area (Å²) >= 11 is 1.49. The topological polar surface area (TPSA) is 69.0 Å². The van der Waals surface area contributed by atoms with Crippen LogP contribution in [0.4, 0.5) is 4.39 Å². The molecule has 0 saturated carbocycles. The van der Waals surface area contributed by atoms with Gasteiger partial charge < -0.3 is 14.6 Å². The molecule has 6 nitrogen and oxygen atoms in total. The Bertz CT molecular complexity index is 989. The highest BCUT2D eigenvalue weighted by Crippen LogP contribution is 2.22. The number of halogens is 1. The molecule has 0 bridgehead atoms. The van der Waals surface area contributed by atoms with Gasteiger partial charge in [-0.15, -0.1) is 16.8 Å². The second-order valence-corrected chi connectivity index (χ2v) is 7.07. The minimum absolute atomic E-state index is 0.224. The first-order valence-electron chi connectivity index (χ1n) is 8.93. The lowest BCUT2D eigenvalue weighted by molar-refractivity contribution is 0.0949. The van der Waals surface area contributed by atoms with Gasteiger partial charge in [0.05, 0.1) is 13.7 Å². The van der Waals surface area contributed by atoms with E-state index in [4.69, 9.17) is 4.74 Å².